The number of amides is 1. The number of nitrogens with one attached hydrogen (secondary N) is 1. The van der Waals surface area contributed by atoms with Crippen molar-refractivity contribution in [2.75, 3.05) is 40.9 Å². The van der Waals surface area contributed by atoms with Gasteiger partial charge in [0, 0.05) is 6.42 Å². The number of aliphatic hydroxyl groups is 1. The van der Waals surface area contributed by atoms with Crippen LogP contribution in [0.5, 0.6) is 0 Å². The van der Waals surface area contributed by atoms with Gasteiger partial charge in [-0.25, -0.2) is 0 Å². The lowest BCUT2D eigenvalue weighted by Gasteiger charge is -2.29. The largest absolute Gasteiger partial charge is 0.756 e. The minimum Gasteiger partial charge on any atom is -0.756 e. The molecule has 290 valence electrons. The zero-order valence-electron chi connectivity index (χ0n) is 32.6. The molecule has 0 aliphatic rings. The van der Waals surface area contributed by atoms with Gasteiger partial charge in [-0.05, 0) is 32.1 Å². The van der Waals surface area contributed by atoms with E-state index in [0.717, 1.165) is 38.5 Å². The highest BCUT2D eigenvalue weighted by atomic mass is 31.2. The van der Waals surface area contributed by atoms with Crippen LogP contribution in [0.4, 0.5) is 0 Å². The van der Waals surface area contributed by atoms with Crippen molar-refractivity contribution in [3.63, 3.8) is 0 Å². The summed E-state index contributed by atoms with van der Waals surface area (Å²) in [7, 11) is 1.24. The van der Waals surface area contributed by atoms with Gasteiger partial charge in [-0.15, -0.1) is 0 Å². The van der Waals surface area contributed by atoms with Crippen LogP contribution < -0.4 is 10.2 Å². The lowest BCUT2D eigenvalue weighted by Crippen LogP contribution is -2.45. The van der Waals surface area contributed by atoms with Gasteiger partial charge in [0.1, 0.15) is 13.2 Å². The molecule has 0 bridgehead atoms. The van der Waals surface area contributed by atoms with Gasteiger partial charge in [0.25, 0.3) is 7.82 Å². The second-order valence-electron chi connectivity index (χ2n) is 15.0. The summed E-state index contributed by atoms with van der Waals surface area (Å²) in [6.45, 7) is 4.59. The molecule has 9 heteroatoms. The van der Waals surface area contributed by atoms with E-state index < -0.39 is 20.0 Å². The molecule has 0 aliphatic carbocycles. The van der Waals surface area contributed by atoms with Gasteiger partial charge < -0.3 is 28.8 Å². The highest BCUT2D eigenvalue weighted by Gasteiger charge is 2.23. The Morgan fingerprint density at radius 2 is 1.14 bits per heavy atom. The van der Waals surface area contributed by atoms with Crippen LogP contribution in [0.15, 0.2) is 24.3 Å². The van der Waals surface area contributed by atoms with Crippen LogP contribution >= 0.6 is 7.82 Å². The molecule has 0 aromatic heterocycles. The minimum absolute atomic E-state index is 0.00477. The summed E-state index contributed by atoms with van der Waals surface area (Å²) in [6, 6.07) is -0.895. The van der Waals surface area contributed by atoms with Crippen LogP contribution in [0.3, 0.4) is 0 Å². The molecule has 8 nitrogen and oxygen atoms in total. The number of hydrogen-bond donors (Lipinski definition) is 2. The predicted molar refractivity (Wildman–Crippen MR) is 205 cm³/mol. The molecule has 3 atom stereocenters. The number of quaternary nitrogens is 1. The number of phosphoric ester groups is 1. The maximum atomic E-state index is 12.7. The monoisotopic (exact) mass is 715 g/mol. The van der Waals surface area contributed by atoms with E-state index in [1.54, 1.807) is 6.08 Å². The number of rotatable bonds is 36. The third-order valence-electron chi connectivity index (χ3n) is 8.91. The summed E-state index contributed by atoms with van der Waals surface area (Å²) in [6.07, 6.45) is 36.6. The molecule has 2 N–H and O–H groups in total. The predicted octanol–water partition coefficient (Wildman–Crippen LogP) is 9.94. The van der Waals surface area contributed by atoms with Crippen LogP contribution in [0.2, 0.25) is 0 Å². The van der Waals surface area contributed by atoms with E-state index in [4.69, 9.17) is 9.05 Å². The van der Waals surface area contributed by atoms with Crippen molar-refractivity contribution in [1.82, 2.24) is 5.32 Å². The van der Waals surface area contributed by atoms with Crippen molar-refractivity contribution in [3.05, 3.63) is 24.3 Å². The van der Waals surface area contributed by atoms with Crippen molar-refractivity contribution < 1.29 is 32.9 Å². The quantitative estimate of drug-likeness (QED) is 0.0290. The average Bonchev–Trinajstić information content (AvgIpc) is 3.04. The van der Waals surface area contributed by atoms with Gasteiger partial charge in [0.05, 0.1) is 39.9 Å². The summed E-state index contributed by atoms with van der Waals surface area (Å²) in [5, 5.41) is 13.7. The Bertz CT molecular complexity index is 860. The molecule has 0 heterocycles. The first kappa shape index (κ1) is 48.0. The second kappa shape index (κ2) is 32.9. The molecule has 0 aromatic carbocycles. The van der Waals surface area contributed by atoms with E-state index in [1.165, 1.54) is 116 Å². The van der Waals surface area contributed by atoms with Crippen LogP contribution in [-0.2, 0) is 18.4 Å². The Balaban J connectivity index is 4.49. The Morgan fingerprint density at radius 3 is 1.65 bits per heavy atom. The third kappa shape index (κ3) is 35.2. The molecule has 0 aliphatic heterocycles. The number of likely N-dealkylation sites (N-methyl/N-ethyl adjacent to an activating group) is 1. The number of hydrogen-bond acceptors (Lipinski definition) is 6. The van der Waals surface area contributed by atoms with Crippen LogP contribution in [0.25, 0.3) is 0 Å². The zero-order chi connectivity index (χ0) is 36.5. The number of unbranched alkanes of at least 4 members (excludes halogenated alkanes) is 21. The van der Waals surface area contributed by atoms with Crippen molar-refractivity contribution in [1.29, 1.82) is 0 Å². The molecule has 0 saturated heterocycles. The van der Waals surface area contributed by atoms with Crippen molar-refractivity contribution >= 4 is 13.7 Å². The Hall–Kier alpha value is -1.02. The smallest absolute Gasteiger partial charge is 0.268 e. The van der Waals surface area contributed by atoms with E-state index >= 15 is 0 Å². The summed E-state index contributed by atoms with van der Waals surface area (Å²) in [5.41, 5.74) is 0. The fourth-order valence-electron chi connectivity index (χ4n) is 5.64. The minimum atomic E-state index is -4.58. The highest BCUT2D eigenvalue weighted by molar-refractivity contribution is 7.45. The van der Waals surface area contributed by atoms with Gasteiger partial charge in [-0.2, -0.15) is 0 Å². The molecule has 0 fully saturated rings. The molecule has 0 rings (SSSR count). The lowest BCUT2D eigenvalue weighted by atomic mass is 10.0. The van der Waals surface area contributed by atoms with Gasteiger partial charge in [0.2, 0.25) is 5.91 Å². The SMILES string of the molecule is CCCCCCCCCCCCCC/C=C/CC/C=C/C(O)C(COP(=O)([O-])OCC[N+](C)(C)C)NC(=O)CCCCCCCCCCC. The molecular formula is C40H79N2O6P. The van der Waals surface area contributed by atoms with Gasteiger partial charge >= 0.3 is 0 Å². The van der Waals surface area contributed by atoms with E-state index in [9.17, 15) is 19.4 Å². The molecule has 0 spiro atoms. The Labute approximate surface area is 303 Å². The first-order valence-electron chi connectivity index (χ1n) is 20.2. The second-order valence-corrected chi connectivity index (χ2v) is 16.4. The van der Waals surface area contributed by atoms with Crippen molar-refractivity contribution in [3.8, 4) is 0 Å². The Kier molecular flexibility index (Phi) is 32.2. The first-order chi connectivity index (χ1) is 23.5. The number of carbonyl (C=O) groups is 1. The first-order valence-corrected chi connectivity index (χ1v) is 21.7. The van der Waals surface area contributed by atoms with Crippen LogP contribution in [0.1, 0.15) is 174 Å². The van der Waals surface area contributed by atoms with E-state index in [0.29, 0.717) is 17.4 Å². The van der Waals surface area contributed by atoms with Crippen LogP contribution in [0, 0.1) is 0 Å². The van der Waals surface area contributed by atoms with Crippen LogP contribution in [-0.4, -0.2) is 68.5 Å². The molecular weight excluding hydrogens is 635 g/mol. The van der Waals surface area contributed by atoms with Gasteiger partial charge in [0.15, 0.2) is 0 Å². The molecule has 0 aromatic rings. The maximum Gasteiger partial charge on any atom is 0.268 e. The van der Waals surface area contributed by atoms with Gasteiger partial charge in [-0.1, -0.05) is 160 Å². The Morgan fingerprint density at radius 1 is 0.694 bits per heavy atom. The number of carbonyl (C=O) groups excluding carboxylic acids is 1. The number of nitrogens with zero attached hydrogens (tertiary/aromatic N) is 1. The molecule has 0 radical (unpaired) electrons. The normalized spacial score (nSPS) is 14.8. The van der Waals surface area contributed by atoms with Crippen molar-refractivity contribution in [2.45, 2.75) is 187 Å². The average molecular weight is 715 g/mol. The van der Waals surface area contributed by atoms with E-state index in [1.807, 2.05) is 27.2 Å². The summed E-state index contributed by atoms with van der Waals surface area (Å²) in [4.78, 5) is 25.1. The standard InChI is InChI=1S/C40H79N2O6P/c1-6-8-10-12-14-16-17-18-19-20-21-22-23-24-26-27-29-31-33-39(43)38(37-48-49(45,46)47-36-35-42(3,4)5)41-40(44)34-32-30-28-25-15-13-11-9-7-2/h24,26,31,33,38-39,43H,6-23,25,27-30,32,34-37H2,1-5H3,(H-,41,44,45,46)/b26-24+,33-31+. The van der Waals surface area contributed by atoms with E-state index in [2.05, 4.69) is 31.3 Å². The third-order valence-corrected chi connectivity index (χ3v) is 9.88. The topological polar surface area (TPSA) is 108 Å². The summed E-state index contributed by atoms with van der Waals surface area (Å²) < 4.78 is 23.1. The fourth-order valence-corrected chi connectivity index (χ4v) is 6.36. The van der Waals surface area contributed by atoms with Crippen molar-refractivity contribution in [2.24, 2.45) is 0 Å². The number of aliphatic hydroxyl groups excluding tert-OH is 1. The summed E-state index contributed by atoms with van der Waals surface area (Å²) in [5.74, 6) is -0.212. The summed E-state index contributed by atoms with van der Waals surface area (Å²) >= 11 is 0. The van der Waals surface area contributed by atoms with Gasteiger partial charge in [-0.3, -0.25) is 9.36 Å². The van der Waals surface area contributed by atoms with E-state index in [-0.39, 0.29) is 19.1 Å². The maximum absolute atomic E-state index is 12.7. The lowest BCUT2D eigenvalue weighted by molar-refractivity contribution is -0.870. The number of phosphoric acid groups is 1. The highest BCUT2D eigenvalue weighted by Crippen LogP contribution is 2.38. The molecule has 49 heavy (non-hydrogen) atoms. The molecule has 1 amide bonds. The number of allylic oxidation sites excluding steroid dienone is 3. The zero-order valence-corrected chi connectivity index (χ0v) is 33.5. The molecule has 3 unspecified atom stereocenters. The fraction of sp³-hybridized carbons (Fsp3) is 0.875. The molecule has 0 saturated carbocycles.